The van der Waals surface area contributed by atoms with E-state index in [-0.39, 0.29) is 6.54 Å². The average Bonchev–Trinajstić information content (AvgIpc) is 2.57. The minimum absolute atomic E-state index is 0.0401. The Labute approximate surface area is 116 Å². The molecule has 7 nitrogen and oxygen atoms in total. The summed E-state index contributed by atoms with van der Waals surface area (Å²) in [5.41, 5.74) is 3.82. The Morgan fingerprint density at radius 1 is 1.22 bits per heavy atom. The molecular formula is C10H9IN4O3. The lowest BCUT2D eigenvalue weighted by atomic mass is 10.2. The van der Waals surface area contributed by atoms with E-state index in [1.54, 1.807) is 24.3 Å². The molecule has 0 bridgehead atoms. The quantitative estimate of drug-likeness (QED) is 0.206. The molecule has 8 heteroatoms. The number of halogens is 1. The van der Waals surface area contributed by atoms with Gasteiger partial charge in [-0.2, -0.15) is 3.11 Å². The number of carbonyl (C=O) groups excluding carboxylic acids is 3. The van der Waals surface area contributed by atoms with Gasteiger partial charge in [-0.05, 0) is 17.7 Å². The van der Waals surface area contributed by atoms with Crippen molar-refractivity contribution in [3.8, 4) is 0 Å². The molecule has 1 saturated heterocycles. The second-order valence-electron chi connectivity index (χ2n) is 3.60. The van der Waals surface area contributed by atoms with Crippen LogP contribution in [0.5, 0.6) is 0 Å². The Morgan fingerprint density at radius 2 is 1.94 bits per heavy atom. The van der Waals surface area contributed by atoms with Gasteiger partial charge in [0.1, 0.15) is 0 Å². The second-order valence-corrected chi connectivity index (χ2v) is 4.57. The predicted molar refractivity (Wildman–Crippen MR) is 71.1 cm³/mol. The molecule has 1 aromatic rings. The Balaban J connectivity index is 2.21. The van der Waals surface area contributed by atoms with E-state index in [9.17, 15) is 14.4 Å². The fourth-order valence-electron chi connectivity index (χ4n) is 1.56. The summed E-state index contributed by atoms with van der Waals surface area (Å²) in [6, 6.07) is 6.28. The van der Waals surface area contributed by atoms with Crippen LogP contribution in [0, 0.1) is 0 Å². The highest BCUT2D eigenvalue weighted by atomic mass is 127. The standard InChI is InChI=1S/C10H9IN4O3/c11-15-9(17)8(16)14(10(15)18)5-6-2-1-3-7(4-6)13-12/h1-4,13H,5,12H2. The van der Waals surface area contributed by atoms with Crippen LogP contribution in [-0.4, -0.2) is 25.9 Å². The summed E-state index contributed by atoms with van der Waals surface area (Å²) in [6.45, 7) is 0.0401. The number of nitrogen functional groups attached to an aromatic ring is 1. The van der Waals surface area contributed by atoms with Crippen molar-refractivity contribution in [1.29, 1.82) is 0 Å². The first kappa shape index (κ1) is 12.8. The largest absolute Gasteiger partial charge is 0.343 e. The number of anilines is 1. The molecule has 0 aromatic heterocycles. The molecule has 0 saturated carbocycles. The fourth-order valence-corrected chi connectivity index (χ4v) is 2.03. The smallest absolute Gasteiger partial charge is 0.324 e. The number of nitrogens with zero attached hydrogens (tertiary/aromatic N) is 2. The fraction of sp³-hybridized carbons (Fsp3) is 0.100. The van der Waals surface area contributed by atoms with Crippen LogP contribution in [0.15, 0.2) is 24.3 Å². The van der Waals surface area contributed by atoms with Gasteiger partial charge in [0, 0.05) is 5.69 Å². The van der Waals surface area contributed by atoms with Gasteiger partial charge < -0.3 is 5.43 Å². The highest BCUT2D eigenvalue weighted by molar-refractivity contribution is 14.1. The van der Waals surface area contributed by atoms with Crippen LogP contribution in [0.4, 0.5) is 10.5 Å². The maximum absolute atomic E-state index is 11.6. The van der Waals surface area contributed by atoms with Crippen LogP contribution in [0.3, 0.4) is 0 Å². The number of hydrazine groups is 1. The Kier molecular flexibility index (Phi) is 3.48. The zero-order valence-electron chi connectivity index (χ0n) is 9.09. The predicted octanol–water partition coefficient (Wildman–Crippen LogP) is 0.613. The normalized spacial score (nSPS) is 15.6. The van der Waals surface area contributed by atoms with Gasteiger partial charge in [0.25, 0.3) is 0 Å². The van der Waals surface area contributed by atoms with Gasteiger partial charge in [-0.1, -0.05) is 12.1 Å². The van der Waals surface area contributed by atoms with Crippen molar-refractivity contribution in [2.75, 3.05) is 5.43 Å². The van der Waals surface area contributed by atoms with Crippen molar-refractivity contribution < 1.29 is 14.4 Å². The Hall–Kier alpha value is -1.68. The summed E-state index contributed by atoms with van der Waals surface area (Å²) in [5, 5.41) is 0. The van der Waals surface area contributed by atoms with Crippen molar-refractivity contribution in [3.05, 3.63) is 29.8 Å². The molecule has 1 aliphatic heterocycles. The highest BCUT2D eigenvalue weighted by Crippen LogP contribution is 2.20. The number of amides is 4. The lowest BCUT2D eigenvalue weighted by molar-refractivity contribution is -0.141. The Bertz CT molecular complexity index is 534. The Morgan fingerprint density at radius 3 is 2.50 bits per heavy atom. The first-order chi connectivity index (χ1) is 8.54. The molecule has 1 aromatic carbocycles. The molecule has 2 rings (SSSR count). The third-order valence-electron chi connectivity index (χ3n) is 2.44. The van der Waals surface area contributed by atoms with E-state index in [0.717, 1.165) is 8.01 Å². The van der Waals surface area contributed by atoms with Gasteiger partial charge in [-0.3, -0.25) is 20.3 Å². The molecule has 0 aliphatic carbocycles. The van der Waals surface area contributed by atoms with E-state index >= 15 is 0 Å². The highest BCUT2D eigenvalue weighted by Gasteiger charge is 2.43. The van der Waals surface area contributed by atoms with Gasteiger partial charge in [0.05, 0.1) is 29.4 Å². The molecule has 0 radical (unpaired) electrons. The number of hydrogen-bond acceptors (Lipinski definition) is 5. The summed E-state index contributed by atoms with van der Waals surface area (Å²) >= 11 is 1.51. The number of nitrogens with two attached hydrogens (primary N) is 1. The summed E-state index contributed by atoms with van der Waals surface area (Å²) in [5.74, 6) is 3.62. The summed E-state index contributed by atoms with van der Waals surface area (Å²) in [6.07, 6.45) is 0. The molecule has 1 fully saturated rings. The number of carbonyl (C=O) groups is 3. The van der Waals surface area contributed by atoms with Gasteiger partial charge in [0.2, 0.25) is 0 Å². The van der Waals surface area contributed by atoms with Crippen molar-refractivity contribution in [2.45, 2.75) is 6.54 Å². The lowest BCUT2D eigenvalue weighted by Crippen LogP contribution is -2.30. The first-order valence-electron chi connectivity index (χ1n) is 4.96. The first-order valence-corrected chi connectivity index (χ1v) is 5.92. The van der Waals surface area contributed by atoms with Crippen molar-refractivity contribution >= 4 is 46.4 Å². The summed E-state index contributed by atoms with van der Waals surface area (Å²) in [4.78, 5) is 35.4. The van der Waals surface area contributed by atoms with Crippen LogP contribution in [-0.2, 0) is 16.1 Å². The zero-order valence-corrected chi connectivity index (χ0v) is 11.2. The summed E-state index contributed by atoms with van der Waals surface area (Å²) < 4.78 is 0.769. The van der Waals surface area contributed by atoms with Gasteiger partial charge in [-0.15, -0.1) is 0 Å². The van der Waals surface area contributed by atoms with Gasteiger partial charge in [-0.25, -0.2) is 4.79 Å². The van der Waals surface area contributed by atoms with Crippen LogP contribution >= 0.6 is 22.9 Å². The molecule has 0 atom stereocenters. The molecule has 94 valence electrons. The van der Waals surface area contributed by atoms with E-state index in [2.05, 4.69) is 5.43 Å². The molecule has 0 unspecified atom stereocenters. The number of benzene rings is 1. The topological polar surface area (TPSA) is 95.7 Å². The number of hydrogen-bond donors (Lipinski definition) is 2. The third-order valence-corrected chi connectivity index (χ3v) is 3.29. The molecule has 18 heavy (non-hydrogen) atoms. The monoisotopic (exact) mass is 360 g/mol. The van der Waals surface area contributed by atoms with Crippen LogP contribution in [0.1, 0.15) is 5.56 Å². The SMILES string of the molecule is NNc1cccc(CN2C(=O)C(=O)N(I)C2=O)c1. The third kappa shape index (κ3) is 2.16. The van der Waals surface area contributed by atoms with Crippen molar-refractivity contribution in [2.24, 2.45) is 5.84 Å². The van der Waals surface area contributed by atoms with E-state index in [1.165, 1.54) is 22.9 Å². The van der Waals surface area contributed by atoms with Crippen LogP contribution < -0.4 is 11.3 Å². The minimum atomic E-state index is -0.825. The van der Waals surface area contributed by atoms with E-state index < -0.39 is 17.8 Å². The van der Waals surface area contributed by atoms with Crippen LogP contribution in [0.25, 0.3) is 0 Å². The van der Waals surface area contributed by atoms with Crippen molar-refractivity contribution in [1.82, 2.24) is 8.01 Å². The zero-order chi connectivity index (χ0) is 13.3. The summed E-state index contributed by atoms with van der Waals surface area (Å²) in [7, 11) is 0. The minimum Gasteiger partial charge on any atom is -0.324 e. The molecule has 3 N–H and O–H groups in total. The number of nitrogens with one attached hydrogen (secondary N) is 1. The van der Waals surface area contributed by atoms with E-state index in [0.29, 0.717) is 11.3 Å². The lowest BCUT2D eigenvalue weighted by Gasteiger charge is -2.12. The molecule has 1 heterocycles. The number of imide groups is 2. The van der Waals surface area contributed by atoms with E-state index in [1.807, 2.05) is 0 Å². The molecule has 4 amide bonds. The van der Waals surface area contributed by atoms with Gasteiger partial charge >= 0.3 is 17.8 Å². The maximum Gasteiger partial charge on any atom is 0.343 e. The van der Waals surface area contributed by atoms with Crippen LogP contribution in [0.2, 0.25) is 0 Å². The second kappa shape index (κ2) is 4.90. The average molecular weight is 360 g/mol. The molecule has 0 spiro atoms. The van der Waals surface area contributed by atoms with Gasteiger partial charge in [0.15, 0.2) is 0 Å². The molecular weight excluding hydrogens is 351 g/mol. The van der Waals surface area contributed by atoms with Crippen molar-refractivity contribution in [3.63, 3.8) is 0 Å². The maximum atomic E-state index is 11.6. The molecule has 1 aliphatic rings. The number of urea groups is 1. The number of rotatable bonds is 3. The van der Waals surface area contributed by atoms with E-state index in [4.69, 9.17) is 5.84 Å².